The van der Waals surface area contributed by atoms with Crippen molar-refractivity contribution in [3.05, 3.63) is 69.3 Å². The van der Waals surface area contributed by atoms with Crippen LogP contribution in [0.25, 0.3) is 17.0 Å². The van der Waals surface area contributed by atoms with Crippen LogP contribution in [-0.4, -0.2) is 28.0 Å². The molecule has 0 spiro atoms. The van der Waals surface area contributed by atoms with Gasteiger partial charge in [0.25, 0.3) is 0 Å². The molecule has 3 aromatic rings. The number of fused-ring (bicyclic) bond motifs is 1. The quantitative estimate of drug-likeness (QED) is 0.526. The van der Waals surface area contributed by atoms with Crippen molar-refractivity contribution in [2.75, 3.05) is 7.11 Å². The van der Waals surface area contributed by atoms with E-state index in [4.69, 9.17) is 23.2 Å². The van der Waals surface area contributed by atoms with E-state index >= 15 is 0 Å². The predicted molar refractivity (Wildman–Crippen MR) is 102 cm³/mol. The maximum atomic E-state index is 11.4. The zero-order valence-corrected chi connectivity index (χ0v) is 15.5. The Morgan fingerprint density at radius 3 is 2.77 bits per heavy atom. The van der Waals surface area contributed by atoms with Crippen LogP contribution < -0.4 is 0 Å². The first-order valence-corrected chi connectivity index (χ1v) is 8.57. The Morgan fingerprint density at radius 1 is 1.27 bits per heavy atom. The molecular weight excluding hydrogens is 375 g/mol. The van der Waals surface area contributed by atoms with Crippen molar-refractivity contribution in [1.82, 2.24) is 9.78 Å². The molecule has 0 amide bonds. The molecule has 5 nitrogen and oxygen atoms in total. The Hall–Kier alpha value is -2.34. The molecule has 7 heteroatoms. The van der Waals surface area contributed by atoms with Crippen molar-refractivity contribution in [2.24, 2.45) is 0 Å². The molecule has 26 heavy (non-hydrogen) atoms. The number of carbonyl (C=O) groups is 1. The van der Waals surface area contributed by atoms with Crippen molar-refractivity contribution in [2.45, 2.75) is 13.2 Å². The van der Waals surface area contributed by atoms with Crippen LogP contribution in [0.5, 0.6) is 0 Å². The summed E-state index contributed by atoms with van der Waals surface area (Å²) in [5.74, 6) is -0.458. The number of ether oxygens (including phenoxy) is 1. The molecule has 1 N–H and O–H groups in total. The van der Waals surface area contributed by atoms with E-state index in [2.05, 4.69) is 9.84 Å². The molecule has 3 rings (SSSR count). The number of hydrogen-bond acceptors (Lipinski definition) is 4. The zero-order chi connectivity index (χ0) is 18.7. The summed E-state index contributed by atoms with van der Waals surface area (Å²) < 4.78 is 6.40. The van der Waals surface area contributed by atoms with Gasteiger partial charge >= 0.3 is 5.97 Å². The highest BCUT2D eigenvalue weighted by Gasteiger charge is 2.12. The van der Waals surface area contributed by atoms with Crippen LogP contribution in [0.15, 0.2) is 42.5 Å². The maximum Gasteiger partial charge on any atom is 0.330 e. The molecule has 1 heterocycles. The number of halogens is 2. The number of methoxy groups -OCH3 is 1. The van der Waals surface area contributed by atoms with Crippen LogP contribution in [0.3, 0.4) is 0 Å². The number of aliphatic hydroxyl groups is 1. The van der Waals surface area contributed by atoms with Gasteiger partial charge in [-0.3, -0.25) is 4.68 Å². The van der Waals surface area contributed by atoms with Gasteiger partial charge in [-0.25, -0.2) is 4.79 Å². The summed E-state index contributed by atoms with van der Waals surface area (Å²) in [7, 11) is 1.32. The molecule has 0 saturated carbocycles. The van der Waals surface area contributed by atoms with Crippen LogP contribution >= 0.6 is 23.2 Å². The Kier molecular flexibility index (Phi) is 5.61. The van der Waals surface area contributed by atoms with E-state index in [1.165, 1.54) is 13.2 Å². The van der Waals surface area contributed by atoms with Gasteiger partial charge in [-0.05, 0) is 35.4 Å². The fourth-order valence-corrected chi connectivity index (χ4v) is 3.08. The third-order valence-electron chi connectivity index (χ3n) is 3.94. The minimum Gasteiger partial charge on any atom is -0.466 e. The molecule has 0 radical (unpaired) electrons. The highest BCUT2D eigenvalue weighted by atomic mass is 35.5. The first kappa shape index (κ1) is 18.5. The van der Waals surface area contributed by atoms with Gasteiger partial charge in [0.2, 0.25) is 0 Å². The van der Waals surface area contributed by atoms with Gasteiger partial charge in [-0.1, -0.05) is 41.4 Å². The Bertz CT molecular complexity index is 996. The SMILES string of the molecule is COC(=O)/C=C/c1nn(Cc2ccc(Cl)cc2Cl)c2cc(CO)ccc12. The smallest absolute Gasteiger partial charge is 0.330 e. The minimum atomic E-state index is -0.458. The van der Waals surface area contributed by atoms with E-state index in [0.717, 1.165) is 22.0 Å². The van der Waals surface area contributed by atoms with Gasteiger partial charge in [-0.2, -0.15) is 5.10 Å². The number of esters is 1. The van der Waals surface area contributed by atoms with Gasteiger partial charge in [-0.15, -0.1) is 0 Å². The van der Waals surface area contributed by atoms with Gasteiger partial charge < -0.3 is 9.84 Å². The van der Waals surface area contributed by atoms with Crippen LogP contribution in [-0.2, 0) is 22.7 Å². The van der Waals surface area contributed by atoms with Crippen molar-refractivity contribution < 1.29 is 14.6 Å². The second-order valence-corrected chi connectivity index (χ2v) is 6.49. The Balaban J connectivity index is 2.08. The van der Waals surface area contributed by atoms with Crippen LogP contribution in [0.2, 0.25) is 10.0 Å². The monoisotopic (exact) mass is 390 g/mol. The topological polar surface area (TPSA) is 64.3 Å². The predicted octanol–water partition coefficient (Wildman–Crippen LogP) is 4.07. The summed E-state index contributed by atoms with van der Waals surface area (Å²) in [5, 5.41) is 16.0. The third kappa shape index (κ3) is 3.90. The minimum absolute atomic E-state index is 0.0733. The van der Waals surface area contributed by atoms with E-state index in [1.807, 2.05) is 24.3 Å². The molecule has 0 bridgehead atoms. The lowest BCUT2D eigenvalue weighted by molar-refractivity contribution is -0.134. The second kappa shape index (κ2) is 7.91. The molecule has 0 aliphatic rings. The molecule has 0 aliphatic carbocycles. The lowest BCUT2D eigenvalue weighted by atomic mass is 10.1. The fraction of sp³-hybridized carbons (Fsp3) is 0.158. The summed E-state index contributed by atoms with van der Waals surface area (Å²) in [5.41, 5.74) is 3.08. The van der Waals surface area contributed by atoms with E-state index in [0.29, 0.717) is 22.3 Å². The first-order chi connectivity index (χ1) is 12.5. The summed E-state index contributed by atoms with van der Waals surface area (Å²) in [4.78, 5) is 11.4. The summed E-state index contributed by atoms with van der Waals surface area (Å²) in [6, 6.07) is 10.8. The highest BCUT2D eigenvalue weighted by molar-refractivity contribution is 6.35. The number of aromatic nitrogens is 2. The van der Waals surface area contributed by atoms with E-state index in [1.54, 1.807) is 22.9 Å². The van der Waals surface area contributed by atoms with Crippen molar-refractivity contribution >= 4 is 46.2 Å². The summed E-state index contributed by atoms with van der Waals surface area (Å²) in [6.45, 7) is 0.351. The molecule has 2 aromatic carbocycles. The molecular formula is C19H16Cl2N2O3. The number of benzene rings is 2. The molecule has 134 valence electrons. The summed E-state index contributed by atoms with van der Waals surface area (Å²) >= 11 is 12.2. The number of carbonyl (C=O) groups excluding carboxylic acids is 1. The van der Waals surface area contributed by atoms with Crippen molar-refractivity contribution in [1.29, 1.82) is 0 Å². The van der Waals surface area contributed by atoms with E-state index in [-0.39, 0.29) is 6.61 Å². The average molecular weight is 391 g/mol. The lowest BCUT2D eigenvalue weighted by Crippen LogP contribution is -2.03. The van der Waals surface area contributed by atoms with Crippen LogP contribution in [0.4, 0.5) is 0 Å². The standard InChI is InChI=1S/C19H16Cl2N2O3/c1-26-19(25)7-6-17-15-5-2-12(11-24)8-18(15)23(22-17)10-13-3-4-14(20)9-16(13)21/h2-9,24H,10-11H2,1H3/b7-6+. The maximum absolute atomic E-state index is 11.4. The van der Waals surface area contributed by atoms with Crippen LogP contribution in [0, 0.1) is 0 Å². The zero-order valence-electron chi connectivity index (χ0n) is 13.9. The van der Waals surface area contributed by atoms with E-state index in [9.17, 15) is 9.90 Å². The van der Waals surface area contributed by atoms with Crippen LogP contribution in [0.1, 0.15) is 16.8 Å². The number of hydrogen-bond donors (Lipinski definition) is 1. The first-order valence-electron chi connectivity index (χ1n) is 7.82. The molecule has 0 unspecified atom stereocenters. The van der Waals surface area contributed by atoms with Gasteiger partial charge in [0.1, 0.15) is 0 Å². The molecule has 1 aromatic heterocycles. The normalized spacial score (nSPS) is 11.4. The average Bonchev–Trinajstić information content (AvgIpc) is 2.98. The molecule has 0 aliphatic heterocycles. The third-order valence-corrected chi connectivity index (χ3v) is 4.53. The van der Waals surface area contributed by atoms with Gasteiger partial charge in [0, 0.05) is 21.5 Å². The molecule has 0 saturated heterocycles. The number of aliphatic hydroxyl groups excluding tert-OH is 1. The van der Waals surface area contributed by atoms with E-state index < -0.39 is 5.97 Å². The van der Waals surface area contributed by atoms with Gasteiger partial charge in [0.05, 0.1) is 31.5 Å². The molecule has 0 fully saturated rings. The fourth-order valence-electron chi connectivity index (χ4n) is 2.61. The molecule has 0 atom stereocenters. The highest BCUT2D eigenvalue weighted by Crippen LogP contribution is 2.26. The van der Waals surface area contributed by atoms with Gasteiger partial charge in [0.15, 0.2) is 0 Å². The Labute approximate surface area is 160 Å². The lowest BCUT2D eigenvalue weighted by Gasteiger charge is -2.07. The number of rotatable bonds is 5. The Morgan fingerprint density at radius 2 is 2.08 bits per heavy atom. The largest absolute Gasteiger partial charge is 0.466 e. The van der Waals surface area contributed by atoms with Crippen molar-refractivity contribution in [3.8, 4) is 0 Å². The summed E-state index contributed by atoms with van der Waals surface area (Å²) in [6.07, 6.45) is 2.92. The van der Waals surface area contributed by atoms with Crippen molar-refractivity contribution in [3.63, 3.8) is 0 Å². The second-order valence-electron chi connectivity index (χ2n) is 5.64. The number of nitrogens with zero attached hydrogens (tertiary/aromatic N) is 2.